The van der Waals surface area contributed by atoms with Gasteiger partial charge in [-0.15, -0.1) is 21.5 Å². The Hall–Kier alpha value is -3.13. The molecule has 2 heterocycles. The van der Waals surface area contributed by atoms with Gasteiger partial charge in [0.1, 0.15) is 28.2 Å². The first kappa shape index (κ1) is 21.1. The number of allylic oxidation sites excluding steroid dienone is 1. The summed E-state index contributed by atoms with van der Waals surface area (Å²) in [5, 5.41) is 32.7. The van der Waals surface area contributed by atoms with Crippen molar-refractivity contribution in [3.8, 4) is 11.8 Å². The summed E-state index contributed by atoms with van der Waals surface area (Å²) < 4.78 is 6.97. The third kappa shape index (κ3) is 4.64. The number of aliphatic hydroxyl groups excluding tert-OH is 1. The third-order valence-corrected chi connectivity index (χ3v) is 7.38. The van der Waals surface area contributed by atoms with Gasteiger partial charge in [0, 0.05) is 0 Å². The number of aliphatic hydroxyl groups is 1. The van der Waals surface area contributed by atoms with Gasteiger partial charge in [0.25, 0.3) is 0 Å². The Kier molecular flexibility index (Phi) is 6.36. The number of thiazole rings is 1. The molecule has 0 aliphatic rings. The average molecular weight is 468 g/mol. The van der Waals surface area contributed by atoms with E-state index < -0.39 is 5.25 Å². The van der Waals surface area contributed by atoms with Crippen LogP contribution in [0.25, 0.3) is 15.8 Å². The lowest BCUT2D eigenvalue weighted by molar-refractivity contribution is 0.402. The second kappa shape index (κ2) is 9.34. The Bertz CT molecular complexity index is 1260. The zero-order valence-corrected chi connectivity index (χ0v) is 19.0. The number of hydrogen-bond donors (Lipinski definition) is 2. The maximum absolute atomic E-state index is 10.8. The van der Waals surface area contributed by atoms with Crippen molar-refractivity contribution in [1.29, 1.82) is 5.26 Å². The smallest absolute Gasteiger partial charge is 0.210 e. The molecule has 0 aliphatic carbocycles. The van der Waals surface area contributed by atoms with Crippen molar-refractivity contribution in [1.82, 2.24) is 15.2 Å². The molecule has 0 fully saturated rings. The highest BCUT2D eigenvalue weighted by Gasteiger charge is 2.21. The maximum Gasteiger partial charge on any atom is 0.210 e. The number of anilines is 2. The SMILES string of the molecule is COc1ccccc1Nc1nnc(SC(C)/C(O)=C(\C#N)c2nc3ccccc3s2)s1. The number of aromatic nitrogens is 3. The van der Waals surface area contributed by atoms with Crippen molar-refractivity contribution in [3.05, 3.63) is 59.3 Å². The van der Waals surface area contributed by atoms with Crippen LogP contribution < -0.4 is 10.1 Å². The van der Waals surface area contributed by atoms with Crippen molar-refractivity contribution in [3.63, 3.8) is 0 Å². The van der Waals surface area contributed by atoms with Gasteiger partial charge in [-0.2, -0.15) is 5.26 Å². The van der Waals surface area contributed by atoms with Crippen LogP contribution in [0.4, 0.5) is 10.8 Å². The van der Waals surface area contributed by atoms with Crippen LogP contribution in [-0.2, 0) is 0 Å². The molecule has 4 aromatic rings. The van der Waals surface area contributed by atoms with Gasteiger partial charge in [-0.3, -0.25) is 0 Å². The van der Waals surface area contributed by atoms with Crippen molar-refractivity contribution in [2.24, 2.45) is 0 Å². The number of thioether (sulfide) groups is 1. The first-order valence-corrected chi connectivity index (χ1v) is 11.7. The summed E-state index contributed by atoms with van der Waals surface area (Å²) >= 11 is 4.07. The van der Waals surface area contributed by atoms with Crippen LogP contribution in [0.2, 0.25) is 0 Å². The molecular weight excluding hydrogens is 450 g/mol. The van der Waals surface area contributed by atoms with E-state index in [0.29, 0.717) is 20.2 Å². The number of para-hydroxylation sites is 3. The van der Waals surface area contributed by atoms with Gasteiger partial charge in [-0.1, -0.05) is 47.4 Å². The fraction of sp³-hybridized carbons (Fsp3) is 0.143. The van der Waals surface area contributed by atoms with Crippen LogP contribution in [0.15, 0.2) is 58.6 Å². The molecular formula is C21H17N5O2S3. The fourth-order valence-corrected chi connectivity index (χ4v) is 5.72. The second-order valence-corrected chi connectivity index (χ2v) is 9.91. The summed E-state index contributed by atoms with van der Waals surface area (Å²) in [5.74, 6) is 0.677. The Morgan fingerprint density at radius 1 is 1.16 bits per heavy atom. The van der Waals surface area contributed by atoms with Crippen LogP contribution in [0.3, 0.4) is 0 Å². The van der Waals surface area contributed by atoms with Gasteiger partial charge < -0.3 is 15.2 Å². The van der Waals surface area contributed by atoms with E-state index >= 15 is 0 Å². The zero-order valence-electron chi connectivity index (χ0n) is 16.6. The lowest BCUT2D eigenvalue weighted by atomic mass is 10.2. The number of hydrogen-bond acceptors (Lipinski definition) is 10. The van der Waals surface area contributed by atoms with Crippen LogP contribution in [0.5, 0.6) is 5.75 Å². The van der Waals surface area contributed by atoms with Crippen molar-refractivity contribution in [2.75, 3.05) is 12.4 Å². The first-order valence-electron chi connectivity index (χ1n) is 9.18. The number of ether oxygens (including phenoxy) is 1. The molecule has 7 nitrogen and oxygen atoms in total. The Morgan fingerprint density at radius 2 is 1.94 bits per heavy atom. The van der Waals surface area contributed by atoms with Crippen LogP contribution in [0, 0.1) is 11.3 Å². The molecule has 0 saturated heterocycles. The molecule has 0 amide bonds. The minimum absolute atomic E-state index is 0.0269. The van der Waals surface area contributed by atoms with Gasteiger partial charge in [-0.05, 0) is 31.2 Å². The fourth-order valence-electron chi connectivity index (χ4n) is 2.78. The number of nitrogens with one attached hydrogen (secondary N) is 1. The standard InChI is InChI=1S/C21H17N5O2S3/c1-12(18(27)13(11-22)19-23-15-8-4-6-10-17(15)30-19)29-21-26-25-20(31-21)24-14-7-3-5-9-16(14)28-2/h3-10,12,27H,1-2H3,(H,24,25)/b18-13-. The molecule has 2 aromatic heterocycles. The van der Waals surface area contributed by atoms with Crippen molar-refractivity contribution >= 4 is 61.0 Å². The van der Waals surface area contributed by atoms with Crippen molar-refractivity contribution < 1.29 is 9.84 Å². The largest absolute Gasteiger partial charge is 0.510 e. The molecule has 0 radical (unpaired) electrons. The molecule has 2 aromatic carbocycles. The second-order valence-electron chi connectivity index (χ2n) is 6.32. The predicted octanol–water partition coefficient (Wildman–Crippen LogP) is 5.87. The molecule has 156 valence electrons. The average Bonchev–Trinajstić information content (AvgIpc) is 3.41. The van der Waals surface area contributed by atoms with E-state index in [2.05, 4.69) is 26.6 Å². The molecule has 0 spiro atoms. The number of rotatable bonds is 7. The van der Waals surface area contributed by atoms with Crippen LogP contribution in [-0.4, -0.2) is 32.6 Å². The number of methoxy groups -OCH3 is 1. The summed E-state index contributed by atoms with van der Waals surface area (Å²) in [6.07, 6.45) is 0. The van der Waals surface area contributed by atoms with Gasteiger partial charge >= 0.3 is 0 Å². The summed E-state index contributed by atoms with van der Waals surface area (Å²) in [4.78, 5) is 4.48. The highest BCUT2D eigenvalue weighted by molar-refractivity contribution is 8.01. The summed E-state index contributed by atoms with van der Waals surface area (Å²) in [6, 6.07) is 17.3. The molecule has 10 heteroatoms. The molecule has 2 N–H and O–H groups in total. The Balaban J connectivity index is 1.52. The van der Waals surface area contributed by atoms with Gasteiger partial charge in [-0.25, -0.2) is 4.98 Å². The summed E-state index contributed by atoms with van der Waals surface area (Å²) in [7, 11) is 1.61. The van der Waals surface area contributed by atoms with Gasteiger partial charge in [0.2, 0.25) is 5.13 Å². The Labute approximate surface area is 191 Å². The van der Waals surface area contributed by atoms with E-state index in [0.717, 1.165) is 15.9 Å². The lowest BCUT2D eigenvalue weighted by Crippen LogP contribution is -2.03. The normalized spacial score (nSPS) is 12.8. The number of benzene rings is 2. The Morgan fingerprint density at radius 3 is 2.71 bits per heavy atom. The predicted molar refractivity (Wildman–Crippen MR) is 126 cm³/mol. The molecule has 0 aliphatic heterocycles. The summed E-state index contributed by atoms with van der Waals surface area (Å²) in [5.41, 5.74) is 1.77. The number of fused-ring (bicyclic) bond motifs is 1. The van der Waals surface area contributed by atoms with Crippen molar-refractivity contribution in [2.45, 2.75) is 16.5 Å². The highest BCUT2D eigenvalue weighted by atomic mass is 32.2. The third-order valence-electron chi connectivity index (χ3n) is 4.29. The number of nitriles is 1. The quantitative estimate of drug-likeness (QED) is 0.197. The first-order chi connectivity index (χ1) is 15.1. The summed E-state index contributed by atoms with van der Waals surface area (Å²) in [6.45, 7) is 1.82. The minimum Gasteiger partial charge on any atom is -0.510 e. The lowest BCUT2D eigenvalue weighted by Gasteiger charge is -2.09. The zero-order chi connectivity index (χ0) is 21.8. The topological polar surface area (TPSA) is 104 Å². The maximum atomic E-state index is 10.8. The highest BCUT2D eigenvalue weighted by Crippen LogP contribution is 2.36. The van der Waals surface area contributed by atoms with E-state index in [1.165, 1.54) is 34.4 Å². The van der Waals surface area contributed by atoms with E-state index in [1.54, 1.807) is 7.11 Å². The molecule has 31 heavy (non-hydrogen) atoms. The van der Waals surface area contributed by atoms with E-state index in [1.807, 2.05) is 55.5 Å². The molecule has 0 bridgehead atoms. The van der Waals surface area contributed by atoms with Crippen LogP contribution in [0.1, 0.15) is 11.9 Å². The molecule has 1 atom stereocenters. The van der Waals surface area contributed by atoms with Gasteiger partial charge in [0.05, 0.1) is 28.3 Å². The molecule has 0 saturated carbocycles. The molecule has 1 unspecified atom stereocenters. The van der Waals surface area contributed by atoms with E-state index in [-0.39, 0.29) is 11.3 Å². The van der Waals surface area contributed by atoms with E-state index in [4.69, 9.17) is 4.74 Å². The monoisotopic (exact) mass is 467 g/mol. The van der Waals surface area contributed by atoms with E-state index in [9.17, 15) is 10.4 Å². The molecule has 4 rings (SSSR count). The minimum atomic E-state index is -0.395. The number of nitrogens with zero attached hydrogens (tertiary/aromatic N) is 4. The van der Waals surface area contributed by atoms with Crippen LogP contribution >= 0.6 is 34.4 Å². The van der Waals surface area contributed by atoms with Gasteiger partial charge in [0.15, 0.2) is 4.34 Å².